The zero-order valence-corrected chi connectivity index (χ0v) is 13.9. The molecule has 1 aliphatic rings. The molecule has 2 unspecified atom stereocenters. The number of amides is 2. The van der Waals surface area contributed by atoms with Crippen LogP contribution in [0.1, 0.15) is 40.5 Å². The van der Waals surface area contributed by atoms with Gasteiger partial charge in [0.2, 0.25) is 5.91 Å². The molecule has 0 spiro atoms. The molecule has 0 aromatic heterocycles. The van der Waals surface area contributed by atoms with Gasteiger partial charge in [-0.15, -0.1) is 0 Å². The molecule has 2 amide bonds. The lowest BCUT2D eigenvalue weighted by Crippen LogP contribution is -2.49. The molecule has 6 heteroatoms. The molecule has 0 radical (unpaired) electrons. The molecule has 122 valence electrons. The average molecular weight is 299 g/mol. The largest absolute Gasteiger partial charge is 0.444 e. The lowest BCUT2D eigenvalue weighted by Gasteiger charge is -2.35. The molecule has 0 aliphatic carbocycles. The SMILES string of the molecule is CC(N)C(=O)N1CCCC(CN(C)C(=O)OC(C)(C)C)C1. The highest BCUT2D eigenvalue weighted by atomic mass is 16.6. The van der Waals surface area contributed by atoms with E-state index < -0.39 is 11.6 Å². The van der Waals surface area contributed by atoms with E-state index in [0.717, 1.165) is 19.4 Å². The third-order valence-corrected chi connectivity index (χ3v) is 3.46. The van der Waals surface area contributed by atoms with Gasteiger partial charge in [-0.1, -0.05) is 0 Å². The first-order chi connectivity index (χ1) is 9.60. The molecule has 1 heterocycles. The van der Waals surface area contributed by atoms with Crippen LogP contribution in [-0.2, 0) is 9.53 Å². The second kappa shape index (κ2) is 7.11. The van der Waals surface area contributed by atoms with Crippen molar-refractivity contribution in [2.75, 3.05) is 26.7 Å². The van der Waals surface area contributed by atoms with Crippen molar-refractivity contribution in [2.24, 2.45) is 11.7 Å². The van der Waals surface area contributed by atoms with Crippen molar-refractivity contribution in [3.8, 4) is 0 Å². The van der Waals surface area contributed by atoms with E-state index in [1.165, 1.54) is 0 Å². The van der Waals surface area contributed by atoms with E-state index in [1.807, 2.05) is 25.7 Å². The molecule has 21 heavy (non-hydrogen) atoms. The molecule has 2 atom stereocenters. The first kappa shape index (κ1) is 17.8. The molecule has 1 aliphatic heterocycles. The Hall–Kier alpha value is -1.30. The summed E-state index contributed by atoms with van der Waals surface area (Å²) < 4.78 is 5.34. The molecule has 6 nitrogen and oxygen atoms in total. The highest BCUT2D eigenvalue weighted by Gasteiger charge is 2.28. The highest BCUT2D eigenvalue weighted by Crippen LogP contribution is 2.19. The minimum atomic E-state index is -0.491. The Labute approximate surface area is 127 Å². The number of rotatable bonds is 3. The third-order valence-electron chi connectivity index (χ3n) is 3.46. The van der Waals surface area contributed by atoms with Gasteiger partial charge in [0.25, 0.3) is 0 Å². The van der Waals surface area contributed by atoms with Crippen molar-refractivity contribution in [1.29, 1.82) is 0 Å². The molecule has 2 N–H and O–H groups in total. The molecule has 0 aromatic rings. The molecule has 1 saturated heterocycles. The minimum Gasteiger partial charge on any atom is -0.444 e. The van der Waals surface area contributed by atoms with Crippen LogP contribution in [0.5, 0.6) is 0 Å². The fourth-order valence-electron chi connectivity index (χ4n) is 2.50. The summed E-state index contributed by atoms with van der Waals surface area (Å²) in [6, 6.07) is -0.465. The Balaban J connectivity index is 2.50. The van der Waals surface area contributed by atoms with E-state index >= 15 is 0 Å². The summed E-state index contributed by atoms with van der Waals surface area (Å²) in [4.78, 5) is 27.3. The van der Waals surface area contributed by atoms with Gasteiger partial charge in [0, 0.05) is 26.7 Å². The van der Waals surface area contributed by atoms with Crippen LogP contribution in [-0.4, -0.2) is 60.1 Å². The number of nitrogens with two attached hydrogens (primary N) is 1. The summed E-state index contributed by atoms with van der Waals surface area (Å²) >= 11 is 0. The number of likely N-dealkylation sites (tertiary alicyclic amines) is 1. The molecule has 1 fully saturated rings. The Kier molecular flexibility index (Phi) is 6.01. The molecule has 1 rings (SSSR count). The summed E-state index contributed by atoms with van der Waals surface area (Å²) in [7, 11) is 1.74. The van der Waals surface area contributed by atoms with Gasteiger partial charge in [-0.05, 0) is 46.5 Å². The van der Waals surface area contributed by atoms with Crippen LogP contribution in [0.25, 0.3) is 0 Å². The predicted octanol–water partition coefficient (Wildman–Crippen LogP) is 1.44. The number of nitrogens with zero attached hydrogens (tertiary/aromatic N) is 2. The highest BCUT2D eigenvalue weighted by molar-refractivity contribution is 5.81. The first-order valence-electron chi connectivity index (χ1n) is 7.58. The zero-order valence-electron chi connectivity index (χ0n) is 13.9. The third kappa shape index (κ3) is 5.91. The molecule has 0 saturated carbocycles. The van der Waals surface area contributed by atoms with Crippen molar-refractivity contribution in [3.05, 3.63) is 0 Å². The number of ether oxygens (including phenoxy) is 1. The van der Waals surface area contributed by atoms with Crippen LogP contribution in [0, 0.1) is 5.92 Å². The summed E-state index contributed by atoms with van der Waals surface area (Å²) in [5.74, 6) is 0.263. The Morgan fingerprint density at radius 2 is 2.05 bits per heavy atom. The van der Waals surface area contributed by atoms with E-state index in [0.29, 0.717) is 13.1 Å². The van der Waals surface area contributed by atoms with Gasteiger partial charge in [0.1, 0.15) is 5.60 Å². The van der Waals surface area contributed by atoms with E-state index in [4.69, 9.17) is 10.5 Å². The Bertz CT molecular complexity index is 377. The van der Waals surface area contributed by atoms with Crippen molar-refractivity contribution in [1.82, 2.24) is 9.80 Å². The van der Waals surface area contributed by atoms with Gasteiger partial charge in [-0.2, -0.15) is 0 Å². The Morgan fingerprint density at radius 1 is 1.43 bits per heavy atom. The van der Waals surface area contributed by atoms with Crippen LogP contribution < -0.4 is 5.73 Å². The second-order valence-electron chi connectivity index (χ2n) is 6.94. The van der Waals surface area contributed by atoms with Gasteiger partial charge in [0.15, 0.2) is 0 Å². The molecule has 0 bridgehead atoms. The fourth-order valence-corrected chi connectivity index (χ4v) is 2.50. The van der Waals surface area contributed by atoms with Gasteiger partial charge in [-0.25, -0.2) is 4.79 Å². The minimum absolute atomic E-state index is 0.0142. The van der Waals surface area contributed by atoms with E-state index in [-0.39, 0.29) is 17.9 Å². The molecular weight excluding hydrogens is 270 g/mol. The quantitative estimate of drug-likeness (QED) is 0.855. The van der Waals surface area contributed by atoms with Gasteiger partial charge >= 0.3 is 6.09 Å². The maximum atomic E-state index is 12.0. The summed E-state index contributed by atoms with van der Waals surface area (Å²) in [6.45, 7) is 9.27. The predicted molar refractivity (Wildman–Crippen MR) is 81.8 cm³/mol. The van der Waals surface area contributed by atoms with Crippen LogP contribution in [0.3, 0.4) is 0 Å². The lowest BCUT2D eigenvalue weighted by molar-refractivity contribution is -0.134. The normalized spacial score (nSPS) is 20.9. The van der Waals surface area contributed by atoms with E-state index in [1.54, 1.807) is 18.9 Å². The number of carbonyl (C=O) groups excluding carboxylic acids is 2. The number of hydrogen-bond acceptors (Lipinski definition) is 4. The summed E-state index contributed by atoms with van der Waals surface area (Å²) in [5, 5.41) is 0. The lowest BCUT2D eigenvalue weighted by atomic mass is 9.97. The van der Waals surface area contributed by atoms with E-state index in [2.05, 4.69) is 0 Å². The van der Waals surface area contributed by atoms with Crippen molar-refractivity contribution < 1.29 is 14.3 Å². The van der Waals surface area contributed by atoms with Gasteiger partial charge in [-0.3, -0.25) is 4.79 Å². The average Bonchev–Trinajstić information content (AvgIpc) is 2.36. The number of piperidine rings is 1. The van der Waals surface area contributed by atoms with Crippen LogP contribution in [0.15, 0.2) is 0 Å². The second-order valence-corrected chi connectivity index (χ2v) is 6.94. The topological polar surface area (TPSA) is 75.9 Å². The van der Waals surface area contributed by atoms with Crippen LogP contribution in [0.2, 0.25) is 0 Å². The van der Waals surface area contributed by atoms with Crippen LogP contribution >= 0.6 is 0 Å². The Morgan fingerprint density at radius 3 is 2.57 bits per heavy atom. The number of carbonyl (C=O) groups is 2. The number of hydrogen-bond donors (Lipinski definition) is 1. The fraction of sp³-hybridized carbons (Fsp3) is 0.867. The summed E-state index contributed by atoms with van der Waals surface area (Å²) in [5.41, 5.74) is 5.16. The smallest absolute Gasteiger partial charge is 0.410 e. The maximum absolute atomic E-state index is 12.0. The van der Waals surface area contributed by atoms with Crippen molar-refractivity contribution in [3.63, 3.8) is 0 Å². The molecule has 0 aromatic carbocycles. The monoisotopic (exact) mass is 299 g/mol. The summed E-state index contributed by atoms with van der Waals surface area (Å²) in [6.07, 6.45) is 1.64. The van der Waals surface area contributed by atoms with Crippen LogP contribution in [0.4, 0.5) is 4.79 Å². The van der Waals surface area contributed by atoms with E-state index in [9.17, 15) is 9.59 Å². The standard InChI is InChI=1S/C15H29N3O3/c1-11(16)13(19)18-8-6-7-12(10-18)9-17(5)14(20)21-15(2,3)4/h11-12H,6-10,16H2,1-5H3. The van der Waals surface area contributed by atoms with Gasteiger partial charge < -0.3 is 20.3 Å². The molecular formula is C15H29N3O3. The van der Waals surface area contributed by atoms with Gasteiger partial charge in [0.05, 0.1) is 6.04 Å². The van der Waals surface area contributed by atoms with Crippen molar-refractivity contribution in [2.45, 2.75) is 52.2 Å². The maximum Gasteiger partial charge on any atom is 0.410 e. The zero-order chi connectivity index (χ0) is 16.2. The van der Waals surface area contributed by atoms with Crippen molar-refractivity contribution >= 4 is 12.0 Å². The first-order valence-corrected chi connectivity index (χ1v) is 7.58.